The first-order valence-corrected chi connectivity index (χ1v) is 5.22. The van der Waals surface area contributed by atoms with Gasteiger partial charge in [0.15, 0.2) is 0 Å². The maximum atomic E-state index is 11.9. The van der Waals surface area contributed by atoms with Crippen LogP contribution in [0.1, 0.15) is 16.4 Å². The molecule has 3 rings (SSSR count). The molecule has 1 aromatic heterocycles. The van der Waals surface area contributed by atoms with Gasteiger partial charge >= 0.3 is 5.97 Å². The third kappa shape index (κ3) is 1.21. The predicted octanol–water partition coefficient (Wildman–Crippen LogP) is 0.364. The molecule has 1 saturated carbocycles. The second-order valence-corrected chi connectivity index (χ2v) is 4.30. The Balaban J connectivity index is 2.00. The summed E-state index contributed by atoms with van der Waals surface area (Å²) in [7, 11) is 0. The van der Waals surface area contributed by atoms with Gasteiger partial charge in [-0.2, -0.15) is 0 Å². The van der Waals surface area contributed by atoms with Crippen molar-refractivity contribution in [3.8, 4) is 0 Å². The van der Waals surface area contributed by atoms with E-state index < -0.39 is 11.5 Å². The number of hydrogen-bond acceptors (Lipinski definition) is 3. The Morgan fingerprint density at radius 2 is 2.12 bits per heavy atom. The summed E-state index contributed by atoms with van der Waals surface area (Å²) >= 11 is 0. The number of rotatable bonds is 2. The molecule has 1 N–H and O–H groups in total. The van der Waals surface area contributed by atoms with E-state index in [1.165, 1.54) is 6.07 Å². The number of hydrogen-bond donors (Lipinski definition) is 1. The standard InChI is InChI=1S/C11H11NO4/c13-10-6(11(14)15)2-1-3-12(10)9-7-4-16-5-8(7)9/h1-3,7-9H,4-5H2,(H,14,15)/t7-,8+,9?. The summed E-state index contributed by atoms with van der Waals surface area (Å²) in [5.41, 5.74) is -0.567. The molecule has 2 aliphatic rings. The molecule has 1 saturated heterocycles. The van der Waals surface area contributed by atoms with Crippen LogP contribution >= 0.6 is 0 Å². The van der Waals surface area contributed by atoms with E-state index in [0.29, 0.717) is 25.0 Å². The van der Waals surface area contributed by atoms with Crippen LogP contribution in [-0.4, -0.2) is 28.9 Å². The first kappa shape index (κ1) is 9.59. The lowest BCUT2D eigenvalue weighted by Crippen LogP contribution is -2.26. The van der Waals surface area contributed by atoms with Crippen LogP contribution < -0.4 is 5.56 Å². The van der Waals surface area contributed by atoms with Gasteiger partial charge in [-0.1, -0.05) is 0 Å². The van der Waals surface area contributed by atoms with Gasteiger partial charge in [0.1, 0.15) is 5.56 Å². The fourth-order valence-corrected chi connectivity index (χ4v) is 2.53. The molecule has 16 heavy (non-hydrogen) atoms. The average molecular weight is 221 g/mol. The van der Waals surface area contributed by atoms with Gasteiger partial charge < -0.3 is 14.4 Å². The van der Waals surface area contributed by atoms with Crippen molar-refractivity contribution in [2.45, 2.75) is 6.04 Å². The summed E-state index contributed by atoms with van der Waals surface area (Å²) in [4.78, 5) is 22.7. The van der Waals surface area contributed by atoms with Gasteiger partial charge in [-0.15, -0.1) is 0 Å². The van der Waals surface area contributed by atoms with E-state index in [-0.39, 0.29) is 11.6 Å². The third-order valence-electron chi connectivity index (χ3n) is 3.43. The smallest absolute Gasteiger partial charge is 0.341 e. The summed E-state index contributed by atoms with van der Waals surface area (Å²) in [6, 6.07) is 3.09. The monoisotopic (exact) mass is 221 g/mol. The largest absolute Gasteiger partial charge is 0.477 e. The molecule has 5 heteroatoms. The van der Waals surface area contributed by atoms with E-state index in [4.69, 9.17) is 9.84 Å². The lowest BCUT2D eigenvalue weighted by atomic mass is 10.2. The van der Waals surface area contributed by atoms with Gasteiger partial charge in [0, 0.05) is 24.1 Å². The Bertz CT molecular complexity index is 497. The van der Waals surface area contributed by atoms with E-state index in [9.17, 15) is 9.59 Å². The zero-order chi connectivity index (χ0) is 11.3. The number of carboxylic acids is 1. The number of fused-ring (bicyclic) bond motifs is 1. The molecule has 0 amide bonds. The molecule has 2 fully saturated rings. The molecule has 1 aromatic rings. The van der Waals surface area contributed by atoms with Gasteiger partial charge in [0.2, 0.25) is 0 Å². The first-order chi connectivity index (χ1) is 7.70. The van der Waals surface area contributed by atoms with Gasteiger partial charge in [-0.05, 0) is 12.1 Å². The van der Waals surface area contributed by atoms with E-state index in [2.05, 4.69) is 0 Å². The zero-order valence-corrected chi connectivity index (χ0v) is 8.50. The molecule has 0 spiro atoms. The van der Waals surface area contributed by atoms with Gasteiger partial charge in [-0.25, -0.2) is 4.79 Å². The fourth-order valence-electron chi connectivity index (χ4n) is 2.53. The van der Waals surface area contributed by atoms with Crippen LogP contribution in [0.3, 0.4) is 0 Å². The summed E-state index contributed by atoms with van der Waals surface area (Å²) in [5.74, 6) is -0.384. The molecule has 1 aliphatic carbocycles. The molecule has 84 valence electrons. The van der Waals surface area contributed by atoms with E-state index in [1.807, 2.05) is 0 Å². The Labute approximate surface area is 91.3 Å². The van der Waals surface area contributed by atoms with Gasteiger partial charge in [0.05, 0.1) is 13.2 Å². The Morgan fingerprint density at radius 3 is 2.75 bits per heavy atom. The van der Waals surface area contributed by atoms with Crippen molar-refractivity contribution >= 4 is 5.97 Å². The van der Waals surface area contributed by atoms with Gasteiger partial charge in [0.25, 0.3) is 5.56 Å². The SMILES string of the molecule is O=C(O)c1cccn(C2[C@H]3COC[C@@H]23)c1=O. The lowest BCUT2D eigenvalue weighted by Gasteiger charge is -2.08. The quantitative estimate of drug-likeness (QED) is 0.783. The lowest BCUT2D eigenvalue weighted by molar-refractivity contribution is 0.0694. The Kier molecular flexibility index (Phi) is 1.91. The molecular weight excluding hydrogens is 210 g/mol. The Morgan fingerprint density at radius 1 is 1.44 bits per heavy atom. The minimum atomic E-state index is -1.17. The number of aromatic nitrogens is 1. The molecule has 0 aromatic carbocycles. The molecule has 1 unspecified atom stereocenters. The summed E-state index contributed by atoms with van der Waals surface area (Å²) in [6.45, 7) is 1.36. The number of ether oxygens (including phenoxy) is 1. The topological polar surface area (TPSA) is 68.5 Å². The van der Waals surface area contributed by atoms with Crippen molar-refractivity contribution in [3.05, 3.63) is 34.2 Å². The van der Waals surface area contributed by atoms with Crippen LogP contribution in [0.15, 0.2) is 23.1 Å². The van der Waals surface area contributed by atoms with Crippen LogP contribution in [0.4, 0.5) is 0 Å². The van der Waals surface area contributed by atoms with Crippen molar-refractivity contribution in [2.75, 3.05) is 13.2 Å². The number of pyridine rings is 1. The van der Waals surface area contributed by atoms with E-state index >= 15 is 0 Å². The highest BCUT2D eigenvalue weighted by molar-refractivity contribution is 5.87. The highest BCUT2D eigenvalue weighted by Gasteiger charge is 2.55. The maximum Gasteiger partial charge on any atom is 0.341 e. The zero-order valence-electron chi connectivity index (χ0n) is 8.50. The number of carboxylic acid groups (broad SMARTS) is 1. The highest BCUT2D eigenvalue weighted by Crippen LogP contribution is 2.53. The summed E-state index contributed by atoms with van der Waals surface area (Å²) < 4.78 is 6.79. The molecule has 0 bridgehead atoms. The summed E-state index contributed by atoms with van der Waals surface area (Å²) in [5, 5.41) is 8.86. The van der Waals surface area contributed by atoms with Crippen LogP contribution in [0.5, 0.6) is 0 Å². The number of carbonyl (C=O) groups is 1. The van der Waals surface area contributed by atoms with Crippen molar-refractivity contribution in [2.24, 2.45) is 11.8 Å². The predicted molar refractivity (Wildman–Crippen MR) is 54.5 cm³/mol. The van der Waals surface area contributed by atoms with Crippen molar-refractivity contribution < 1.29 is 14.6 Å². The number of aromatic carboxylic acids is 1. The minimum absolute atomic E-state index is 0.139. The van der Waals surface area contributed by atoms with Crippen molar-refractivity contribution in [3.63, 3.8) is 0 Å². The molecule has 1 aliphatic heterocycles. The van der Waals surface area contributed by atoms with Crippen LogP contribution in [0, 0.1) is 11.8 Å². The average Bonchev–Trinajstić information content (AvgIpc) is 2.71. The second-order valence-electron chi connectivity index (χ2n) is 4.30. The Hall–Kier alpha value is -1.62. The van der Waals surface area contributed by atoms with Crippen molar-refractivity contribution in [1.29, 1.82) is 0 Å². The normalized spacial score (nSPS) is 31.1. The molecule has 2 heterocycles. The fraction of sp³-hybridized carbons (Fsp3) is 0.455. The number of nitrogens with zero attached hydrogens (tertiary/aromatic N) is 1. The van der Waals surface area contributed by atoms with Crippen LogP contribution in [0.25, 0.3) is 0 Å². The maximum absolute atomic E-state index is 11.9. The second kappa shape index (κ2) is 3.18. The minimum Gasteiger partial charge on any atom is -0.477 e. The molecule has 5 nitrogen and oxygen atoms in total. The van der Waals surface area contributed by atoms with Crippen LogP contribution in [0.2, 0.25) is 0 Å². The molecule has 0 radical (unpaired) electrons. The van der Waals surface area contributed by atoms with E-state index in [1.54, 1.807) is 16.8 Å². The molecule has 3 atom stereocenters. The molecular formula is C11H11NO4. The van der Waals surface area contributed by atoms with E-state index in [0.717, 1.165) is 0 Å². The van der Waals surface area contributed by atoms with Crippen LogP contribution in [-0.2, 0) is 4.74 Å². The van der Waals surface area contributed by atoms with Crippen molar-refractivity contribution in [1.82, 2.24) is 4.57 Å². The third-order valence-corrected chi connectivity index (χ3v) is 3.43. The summed E-state index contributed by atoms with van der Waals surface area (Å²) in [6.07, 6.45) is 1.66. The first-order valence-electron chi connectivity index (χ1n) is 5.22. The highest BCUT2D eigenvalue weighted by atomic mass is 16.5. The van der Waals surface area contributed by atoms with Gasteiger partial charge in [-0.3, -0.25) is 4.79 Å².